The predicted octanol–water partition coefficient (Wildman–Crippen LogP) is 2.84. The molecule has 4 rings (SSSR count). The van der Waals surface area contributed by atoms with Gasteiger partial charge in [-0.25, -0.2) is 0 Å². The highest BCUT2D eigenvalue weighted by molar-refractivity contribution is 9.09. The van der Waals surface area contributed by atoms with Crippen molar-refractivity contribution in [3.8, 4) is 0 Å². The van der Waals surface area contributed by atoms with Crippen molar-refractivity contribution in [2.45, 2.75) is 61.3 Å². The SMILES string of the molecule is C=CCCOC(=O)[C@H]1[C@@H]2OC3(CC2Br)C(C(=O)N(CC=C)Cc2ccccc2)N([C@@H](CC)CO)C(=O)[C@H]13. The smallest absolute Gasteiger partial charge is 0.312 e. The van der Waals surface area contributed by atoms with E-state index < -0.39 is 41.6 Å². The zero-order chi connectivity index (χ0) is 26.7. The fraction of sp³-hybridized carbons (Fsp3) is 0.536. The van der Waals surface area contributed by atoms with E-state index in [1.165, 1.54) is 4.90 Å². The van der Waals surface area contributed by atoms with E-state index in [0.717, 1.165) is 5.56 Å². The molecule has 1 spiro atoms. The van der Waals surface area contributed by atoms with Crippen LogP contribution in [-0.2, 0) is 30.4 Å². The Labute approximate surface area is 226 Å². The van der Waals surface area contributed by atoms with E-state index in [4.69, 9.17) is 9.47 Å². The van der Waals surface area contributed by atoms with E-state index in [-0.39, 0.29) is 36.4 Å². The molecular formula is C28H35BrN2O6. The summed E-state index contributed by atoms with van der Waals surface area (Å²) in [6, 6.07) is 8.03. The quantitative estimate of drug-likeness (QED) is 0.178. The van der Waals surface area contributed by atoms with Crippen LogP contribution in [0.15, 0.2) is 55.6 Å². The van der Waals surface area contributed by atoms with Crippen molar-refractivity contribution < 1.29 is 29.0 Å². The Morgan fingerprint density at radius 2 is 2.05 bits per heavy atom. The molecule has 1 N–H and O–H groups in total. The second-order valence-corrected chi connectivity index (χ2v) is 11.1. The maximum atomic E-state index is 14.3. The Hall–Kier alpha value is -2.49. The molecule has 3 unspecified atom stereocenters. The number of rotatable bonds is 12. The Balaban J connectivity index is 1.74. The van der Waals surface area contributed by atoms with E-state index >= 15 is 0 Å². The molecule has 0 aliphatic carbocycles. The molecule has 3 fully saturated rings. The molecule has 8 nitrogen and oxygen atoms in total. The lowest BCUT2D eigenvalue weighted by Crippen LogP contribution is -2.58. The number of esters is 1. The van der Waals surface area contributed by atoms with Crippen LogP contribution in [0.1, 0.15) is 31.7 Å². The van der Waals surface area contributed by atoms with Crippen molar-refractivity contribution >= 4 is 33.7 Å². The molecule has 3 heterocycles. The first-order valence-electron chi connectivity index (χ1n) is 12.8. The van der Waals surface area contributed by atoms with E-state index in [1.807, 2.05) is 37.3 Å². The van der Waals surface area contributed by atoms with Crippen molar-refractivity contribution in [3.63, 3.8) is 0 Å². The minimum Gasteiger partial charge on any atom is -0.465 e. The zero-order valence-corrected chi connectivity index (χ0v) is 22.7. The number of amides is 2. The van der Waals surface area contributed by atoms with E-state index in [2.05, 4.69) is 29.1 Å². The van der Waals surface area contributed by atoms with Crippen molar-refractivity contribution in [2.24, 2.45) is 11.8 Å². The summed E-state index contributed by atoms with van der Waals surface area (Å²) in [5.41, 5.74) is -0.260. The summed E-state index contributed by atoms with van der Waals surface area (Å²) in [7, 11) is 0. The van der Waals surface area contributed by atoms with Gasteiger partial charge in [-0.1, -0.05) is 65.3 Å². The van der Waals surface area contributed by atoms with E-state index in [9.17, 15) is 19.5 Å². The second kappa shape index (κ2) is 11.5. The number of likely N-dealkylation sites (tertiary alicyclic amines) is 1. The molecule has 0 aromatic heterocycles. The number of hydrogen-bond donors (Lipinski definition) is 1. The number of aliphatic hydroxyl groups excluding tert-OH is 1. The summed E-state index contributed by atoms with van der Waals surface area (Å²) in [5.74, 6) is -2.83. The van der Waals surface area contributed by atoms with Gasteiger partial charge in [0.2, 0.25) is 11.8 Å². The summed E-state index contributed by atoms with van der Waals surface area (Å²) in [5, 5.41) is 10.2. The summed E-state index contributed by atoms with van der Waals surface area (Å²) >= 11 is 3.66. The van der Waals surface area contributed by atoms with Gasteiger partial charge in [0.05, 0.1) is 37.2 Å². The molecule has 3 saturated heterocycles. The van der Waals surface area contributed by atoms with Gasteiger partial charge in [-0.3, -0.25) is 14.4 Å². The molecule has 37 heavy (non-hydrogen) atoms. The third-order valence-electron chi connectivity index (χ3n) is 7.75. The van der Waals surface area contributed by atoms with Crippen LogP contribution >= 0.6 is 15.9 Å². The summed E-state index contributed by atoms with van der Waals surface area (Å²) in [6.45, 7) is 9.80. The minimum atomic E-state index is -1.20. The number of ether oxygens (including phenoxy) is 2. The number of halogens is 1. The predicted molar refractivity (Wildman–Crippen MR) is 142 cm³/mol. The average Bonchev–Trinajstić information content (AvgIpc) is 3.49. The van der Waals surface area contributed by atoms with Crippen LogP contribution in [-0.4, -0.2) is 81.1 Å². The molecule has 0 saturated carbocycles. The lowest BCUT2D eigenvalue weighted by Gasteiger charge is -2.39. The van der Waals surface area contributed by atoms with Crippen LogP contribution < -0.4 is 0 Å². The normalized spacial score (nSPS) is 30.6. The fourth-order valence-corrected chi connectivity index (χ4v) is 7.07. The summed E-state index contributed by atoms with van der Waals surface area (Å²) in [4.78, 5) is 44.5. The number of carbonyl (C=O) groups is 3. The first-order chi connectivity index (χ1) is 17.8. The van der Waals surface area contributed by atoms with Gasteiger partial charge in [0.15, 0.2) is 0 Å². The Morgan fingerprint density at radius 3 is 2.68 bits per heavy atom. The number of alkyl halides is 1. The summed E-state index contributed by atoms with van der Waals surface area (Å²) < 4.78 is 12.0. The lowest BCUT2D eigenvalue weighted by molar-refractivity contribution is -0.156. The Kier molecular flexibility index (Phi) is 8.56. The molecule has 3 aliphatic rings. The van der Waals surface area contributed by atoms with E-state index in [1.54, 1.807) is 17.1 Å². The number of carbonyl (C=O) groups excluding carboxylic acids is 3. The highest BCUT2D eigenvalue weighted by atomic mass is 79.9. The number of benzene rings is 1. The maximum absolute atomic E-state index is 14.3. The number of aliphatic hydroxyl groups is 1. The van der Waals surface area contributed by atoms with Gasteiger partial charge in [-0.15, -0.1) is 13.2 Å². The molecule has 0 radical (unpaired) electrons. The second-order valence-electron chi connectivity index (χ2n) is 9.89. The molecule has 9 heteroatoms. The average molecular weight is 576 g/mol. The fourth-order valence-electron chi connectivity index (χ4n) is 6.13. The molecule has 1 aromatic carbocycles. The molecular weight excluding hydrogens is 540 g/mol. The minimum absolute atomic E-state index is 0.164. The van der Waals surface area contributed by atoms with Gasteiger partial charge >= 0.3 is 5.97 Å². The lowest BCUT2D eigenvalue weighted by atomic mass is 9.70. The topological polar surface area (TPSA) is 96.4 Å². The maximum Gasteiger partial charge on any atom is 0.312 e. The van der Waals surface area contributed by atoms with Crippen LogP contribution in [0.25, 0.3) is 0 Å². The monoisotopic (exact) mass is 574 g/mol. The van der Waals surface area contributed by atoms with Crippen molar-refractivity contribution in [3.05, 3.63) is 61.2 Å². The number of fused-ring (bicyclic) bond motifs is 1. The zero-order valence-electron chi connectivity index (χ0n) is 21.1. The van der Waals surface area contributed by atoms with Gasteiger partial charge in [0, 0.05) is 17.9 Å². The van der Waals surface area contributed by atoms with Crippen molar-refractivity contribution in [1.29, 1.82) is 0 Å². The molecule has 3 aliphatic heterocycles. The van der Waals surface area contributed by atoms with Gasteiger partial charge in [-0.05, 0) is 24.8 Å². The molecule has 2 amide bonds. The van der Waals surface area contributed by atoms with Crippen molar-refractivity contribution in [1.82, 2.24) is 9.80 Å². The van der Waals surface area contributed by atoms with Crippen LogP contribution in [0.2, 0.25) is 0 Å². The summed E-state index contributed by atoms with van der Waals surface area (Å²) in [6.07, 6.45) is 4.07. The third kappa shape index (κ3) is 4.77. The van der Waals surface area contributed by atoms with Gasteiger partial charge in [0.25, 0.3) is 0 Å². The highest BCUT2D eigenvalue weighted by Gasteiger charge is 2.77. The first kappa shape index (κ1) is 27.5. The van der Waals surface area contributed by atoms with Crippen LogP contribution in [0.3, 0.4) is 0 Å². The number of nitrogens with zero attached hydrogens (tertiary/aromatic N) is 2. The Bertz CT molecular complexity index is 1030. The molecule has 200 valence electrons. The van der Waals surface area contributed by atoms with Crippen LogP contribution in [0.4, 0.5) is 0 Å². The molecule has 2 bridgehead atoms. The first-order valence-corrected chi connectivity index (χ1v) is 13.7. The Morgan fingerprint density at radius 1 is 1.32 bits per heavy atom. The van der Waals surface area contributed by atoms with E-state index in [0.29, 0.717) is 25.8 Å². The molecule has 1 aromatic rings. The molecule has 7 atom stereocenters. The third-order valence-corrected chi connectivity index (χ3v) is 8.60. The van der Waals surface area contributed by atoms with Gasteiger partial charge in [0.1, 0.15) is 11.6 Å². The van der Waals surface area contributed by atoms with Crippen molar-refractivity contribution in [2.75, 3.05) is 19.8 Å². The van der Waals surface area contributed by atoms with Gasteiger partial charge in [-0.2, -0.15) is 0 Å². The number of hydrogen-bond acceptors (Lipinski definition) is 6. The highest BCUT2D eigenvalue weighted by Crippen LogP contribution is 2.60. The van der Waals surface area contributed by atoms with Crippen LogP contribution in [0, 0.1) is 11.8 Å². The van der Waals surface area contributed by atoms with Crippen LogP contribution in [0.5, 0.6) is 0 Å². The largest absolute Gasteiger partial charge is 0.465 e. The standard InChI is InChI=1S/C28H35BrN2O6/c1-4-7-14-36-27(35)21-22-25(33)31(19(6-3)17-32)24(28(22)15-20(29)23(21)37-28)26(34)30(13-5-2)16-18-11-9-8-10-12-18/h4-5,8-12,19-24,32H,1-2,6-7,13-17H2,3H3/t19-,20?,21+,22-,23+,24?,28?/m0/s1. The van der Waals surface area contributed by atoms with Gasteiger partial charge < -0.3 is 24.4 Å².